The van der Waals surface area contributed by atoms with E-state index in [1.165, 1.54) is 0 Å². The smallest absolute Gasteiger partial charge is 0.238 e. The third-order valence-electron chi connectivity index (χ3n) is 6.29. The van der Waals surface area contributed by atoms with Crippen molar-refractivity contribution in [2.75, 3.05) is 45.2 Å². The zero-order valence-electron chi connectivity index (χ0n) is 20.4. The van der Waals surface area contributed by atoms with Crippen LogP contribution in [0.1, 0.15) is 49.3 Å². The summed E-state index contributed by atoms with van der Waals surface area (Å²) in [5, 5.41) is 3.14. The second kappa shape index (κ2) is 11.8. The Kier molecular flexibility index (Phi) is 8.89. The van der Waals surface area contributed by atoms with E-state index in [9.17, 15) is 9.59 Å². The molecule has 33 heavy (non-hydrogen) atoms. The Bertz CT molecular complexity index is 940. The fraction of sp³-hybridized carbons (Fsp3) is 0.481. The number of nitrogens with one attached hydrogen (secondary N) is 1. The van der Waals surface area contributed by atoms with Crippen LogP contribution in [0, 0.1) is 6.92 Å². The van der Waals surface area contributed by atoms with Crippen LogP contribution in [0.5, 0.6) is 5.75 Å². The molecule has 3 rings (SSSR count). The summed E-state index contributed by atoms with van der Waals surface area (Å²) in [6.45, 7) is 9.60. The van der Waals surface area contributed by atoms with Crippen LogP contribution in [0.25, 0.3) is 0 Å². The number of hydrogen-bond acceptors (Lipinski definition) is 4. The number of nitrogens with zero attached hydrogens (tertiary/aromatic N) is 2. The van der Waals surface area contributed by atoms with E-state index in [0.717, 1.165) is 54.1 Å². The molecule has 0 aromatic heterocycles. The molecule has 0 saturated carbocycles. The second-order valence-electron chi connectivity index (χ2n) is 9.10. The van der Waals surface area contributed by atoms with Crippen molar-refractivity contribution in [1.29, 1.82) is 0 Å². The van der Waals surface area contributed by atoms with Gasteiger partial charge >= 0.3 is 0 Å². The zero-order valence-corrected chi connectivity index (χ0v) is 20.4. The predicted molar refractivity (Wildman–Crippen MR) is 133 cm³/mol. The number of para-hydroxylation sites is 1. The van der Waals surface area contributed by atoms with Crippen molar-refractivity contribution in [3.8, 4) is 5.75 Å². The van der Waals surface area contributed by atoms with Crippen LogP contribution < -0.4 is 10.1 Å². The summed E-state index contributed by atoms with van der Waals surface area (Å²) in [5.74, 6) is 1.35. The van der Waals surface area contributed by atoms with Gasteiger partial charge in [-0.25, -0.2) is 0 Å². The van der Waals surface area contributed by atoms with E-state index in [1.54, 1.807) is 7.11 Å². The number of carbonyl (C=O) groups excluding carboxylic acids is 2. The Morgan fingerprint density at radius 3 is 2.48 bits per heavy atom. The average molecular weight is 452 g/mol. The molecule has 1 aliphatic heterocycles. The minimum Gasteiger partial charge on any atom is -0.497 e. The molecule has 0 aliphatic carbocycles. The molecule has 0 unspecified atom stereocenters. The van der Waals surface area contributed by atoms with Crippen LogP contribution in [-0.4, -0.2) is 61.4 Å². The van der Waals surface area contributed by atoms with Crippen LogP contribution in [0.2, 0.25) is 0 Å². The molecule has 0 radical (unpaired) electrons. The number of amides is 2. The summed E-state index contributed by atoms with van der Waals surface area (Å²) in [4.78, 5) is 29.7. The molecular formula is C27H37N3O3. The van der Waals surface area contributed by atoms with Gasteiger partial charge in [-0.3, -0.25) is 14.5 Å². The van der Waals surface area contributed by atoms with Crippen LogP contribution in [-0.2, 0) is 16.0 Å². The standard InChI is InChI=1S/C27H37N3O3/c1-20(2)24-8-5-7-21(3)27(24)28-25(31)19-29-15-6-16-30(18-17-29)26(32)14-11-22-9-12-23(33-4)13-10-22/h5,7-10,12-13,20H,6,11,14-19H2,1-4H3,(H,28,31). The highest BCUT2D eigenvalue weighted by Crippen LogP contribution is 2.27. The largest absolute Gasteiger partial charge is 0.497 e. The van der Waals surface area contributed by atoms with Crippen molar-refractivity contribution in [3.63, 3.8) is 0 Å². The third-order valence-corrected chi connectivity index (χ3v) is 6.29. The van der Waals surface area contributed by atoms with E-state index in [1.807, 2.05) is 48.2 Å². The topological polar surface area (TPSA) is 61.9 Å². The zero-order chi connectivity index (χ0) is 23.8. The monoisotopic (exact) mass is 451 g/mol. The van der Waals surface area contributed by atoms with Gasteiger partial charge in [-0.1, -0.05) is 44.2 Å². The first-order chi connectivity index (χ1) is 15.9. The summed E-state index contributed by atoms with van der Waals surface area (Å²) in [7, 11) is 1.65. The summed E-state index contributed by atoms with van der Waals surface area (Å²) >= 11 is 0. The van der Waals surface area contributed by atoms with E-state index < -0.39 is 0 Å². The van der Waals surface area contributed by atoms with Gasteiger partial charge in [0.05, 0.1) is 13.7 Å². The first-order valence-electron chi connectivity index (χ1n) is 11.9. The lowest BCUT2D eigenvalue weighted by Crippen LogP contribution is -2.38. The molecular weight excluding hydrogens is 414 g/mol. The third kappa shape index (κ3) is 7.06. The Balaban J connectivity index is 1.48. The Labute approximate surface area is 197 Å². The number of benzene rings is 2. The Morgan fingerprint density at radius 2 is 1.79 bits per heavy atom. The lowest BCUT2D eigenvalue weighted by molar-refractivity contribution is -0.131. The van der Waals surface area contributed by atoms with Gasteiger partial charge in [0, 0.05) is 38.3 Å². The molecule has 2 aromatic rings. The quantitative estimate of drug-likeness (QED) is 0.652. The Hall–Kier alpha value is -2.86. The molecule has 0 spiro atoms. The molecule has 2 amide bonds. The fourth-order valence-corrected chi connectivity index (χ4v) is 4.30. The summed E-state index contributed by atoms with van der Waals surface area (Å²) in [6.07, 6.45) is 2.10. The first-order valence-corrected chi connectivity index (χ1v) is 11.9. The van der Waals surface area contributed by atoms with Crippen molar-refractivity contribution in [2.24, 2.45) is 0 Å². The van der Waals surface area contributed by atoms with Gasteiger partial charge in [-0.15, -0.1) is 0 Å². The lowest BCUT2D eigenvalue weighted by Gasteiger charge is -2.22. The number of carbonyl (C=O) groups is 2. The molecule has 1 saturated heterocycles. The van der Waals surface area contributed by atoms with Gasteiger partial charge in [0.15, 0.2) is 0 Å². The molecule has 6 heteroatoms. The van der Waals surface area contributed by atoms with Crippen molar-refractivity contribution in [1.82, 2.24) is 9.80 Å². The fourth-order valence-electron chi connectivity index (χ4n) is 4.30. The van der Waals surface area contributed by atoms with E-state index in [4.69, 9.17) is 4.74 Å². The van der Waals surface area contributed by atoms with E-state index in [2.05, 4.69) is 30.1 Å². The lowest BCUT2D eigenvalue weighted by atomic mass is 9.98. The van der Waals surface area contributed by atoms with Gasteiger partial charge < -0.3 is 15.0 Å². The van der Waals surface area contributed by atoms with Crippen LogP contribution in [0.15, 0.2) is 42.5 Å². The van der Waals surface area contributed by atoms with E-state index in [-0.39, 0.29) is 11.8 Å². The SMILES string of the molecule is COc1ccc(CCC(=O)N2CCCN(CC(=O)Nc3c(C)cccc3C(C)C)CC2)cc1. The molecule has 178 valence electrons. The minimum absolute atomic E-state index is 0.00508. The van der Waals surface area contributed by atoms with Crippen molar-refractivity contribution in [3.05, 3.63) is 59.2 Å². The van der Waals surface area contributed by atoms with Gasteiger partial charge in [-0.2, -0.15) is 0 Å². The maximum Gasteiger partial charge on any atom is 0.238 e. The summed E-state index contributed by atoms with van der Waals surface area (Å²) < 4.78 is 5.19. The number of anilines is 1. The Morgan fingerprint density at radius 1 is 1.03 bits per heavy atom. The number of methoxy groups -OCH3 is 1. The van der Waals surface area contributed by atoms with Gasteiger partial charge in [0.25, 0.3) is 0 Å². The maximum absolute atomic E-state index is 12.8. The molecule has 1 heterocycles. The highest BCUT2D eigenvalue weighted by atomic mass is 16.5. The predicted octanol–water partition coefficient (Wildman–Crippen LogP) is 4.23. The number of rotatable bonds is 8. The average Bonchev–Trinajstić information content (AvgIpc) is 3.04. The van der Waals surface area contributed by atoms with Crippen LogP contribution in [0.3, 0.4) is 0 Å². The number of aryl methyl sites for hydroxylation is 2. The van der Waals surface area contributed by atoms with Gasteiger partial charge in [0.2, 0.25) is 11.8 Å². The van der Waals surface area contributed by atoms with Crippen LogP contribution >= 0.6 is 0 Å². The maximum atomic E-state index is 12.8. The van der Waals surface area contributed by atoms with Gasteiger partial charge in [0.1, 0.15) is 5.75 Å². The normalized spacial score (nSPS) is 14.8. The second-order valence-corrected chi connectivity index (χ2v) is 9.10. The highest BCUT2D eigenvalue weighted by Gasteiger charge is 2.21. The molecule has 0 bridgehead atoms. The van der Waals surface area contributed by atoms with Crippen LogP contribution in [0.4, 0.5) is 5.69 Å². The van der Waals surface area contributed by atoms with Gasteiger partial charge in [-0.05, 0) is 54.5 Å². The molecule has 1 aliphatic rings. The molecule has 6 nitrogen and oxygen atoms in total. The van der Waals surface area contributed by atoms with E-state index in [0.29, 0.717) is 32.0 Å². The molecule has 2 aromatic carbocycles. The summed E-state index contributed by atoms with van der Waals surface area (Å²) in [6, 6.07) is 14.0. The number of ether oxygens (including phenoxy) is 1. The highest BCUT2D eigenvalue weighted by molar-refractivity contribution is 5.94. The molecule has 1 fully saturated rings. The van der Waals surface area contributed by atoms with Crippen molar-refractivity contribution >= 4 is 17.5 Å². The minimum atomic E-state index is 0.00508. The first kappa shape index (κ1) is 24.8. The summed E-state index contributed by atoms with van der Waals surface area (Å²) in [5.41, 5.74) is 4.31. The van der Waals surface area contributed by atoms with E-state index >= 15 is 0 Å². The number of hydrogen-bond donors (Lipinski definition) is 1. The van der Waals surface area contributed by atoms with Crippen molar-refractivity contribution in [2.45, 2.75) is 46.0 Å². The van der Waals surface area contributed by atoms with Crippen molar-refractivity contribution < 1.29 is 14.3 Å². The molecule has 0 atom stereocenters. The molecule has 1 N–H and O–H groups in total.